The molecule has 0 aromatic carbocycles. The van der Waals surface area contributed by atoms with E-state index in [4.69, 9.17) is 5.11 Å². The molecule has 0 spiro atoms. The topological polar surface area (TPSA) is 78.4 Å². The maximum Gasteiger partial charge on any atom is 0.306 e. The van der Waals surface area contributed by atoms with Crippen LogP contribution in [0.4, 0.5) is 0 Å². The second kappa shape index (κ2) is 8.15. The van der Waals surface area contributed by atoms with Crippen LogP contribution < -0.4 is 10.6 Å². The van der Waals surface area contributed by atoms with E-state index in [2.05, 4.69) is 24.5 Å². The fourth-order valence-corrected chi connectivity index (χ4v) is 2.43. The first-order valence-electron chi connectivity index (χ1n) is 7.22. The highest BCUT2D eigenvalue weighted by Gasteiger charge is 2.25. The molecule has 0 heterocycles. The van der Waals surface area contributed by atoms with Crippen LogP contribution in [0.25, 0.3) is 0 Å². The number of nitrogens with one attached hydrogen (secondary N) is 2. The molecule has 0 unspecified atom stereocenters. The summed E-state index contributed by atoms with van der Waals surface area (Å²) >= 11 is 0. The maximum absolute atomic E-state index is 11.6. The fourth-order valence-electron chi connectivity index (χ4n) is 2.43. The SMILES string of the molecule is CC(C)NCCC(=O)NCC1CCC(C(=O)O)CC1. The number of carbonyl (C=O) groups is 2. The lowest BCUT2D eigenvalue weighted by atomic mass is 9.82. The molecule has 3 N–H and O–H groups in total. The van der Waals surface area contributed by atoms with Gasteiger partial charge in [0.25, 0.3) is 0 Å². The van der Waals surface area contributed by atoms with Crippen molar-refractivity contribution in [3.63, 3.8) is 0 Å². The van der Waals surface area contributed by atoms with Crippen molar-refractivity contribution < 1.29 is 14.7 Å². The molecule has 0 saturated heterocycles. The minimum atomic E-state index is -0.678. The van der Waals surface area contributed by atoms with Gasteiger partial charge in [-0.05, 0) is 31.6 Å². The number of amides is 1. The molecule has 0 radical (unpaired) electrons. The Bertz CT molecular complexity index is 297. The van der Waals surface area contributed by atoms with Crippen molar-refractivity contribution in [2.45, 2.75) is 52.0 Å². The second-order valence-electron chi connectivity index (χ2n) is 5.72. The molecule has 1 aliphatic rings. The monoisotopic (exact) mass is 270 g/mol. The summed E-state index contributed by atoms with van der Waals surface area (Å²) in [6.45, 7) is 5.50. The third-order valence-corrected chi connectivity index (χ3v) is 3.69. The van der Waals surface area contributed by atoms with Crippen LogP contribution in [0.2, 0.25) is 0 Å². The van der Waals surface area contributed by atoms with E-state index < -0.39 is 5.97 Å². The number of aliphatic carboxylic acids is 1. The lowest BCUT2D eigenvalue weighted by molar-refractivity contribution is -0.143. The standard InChI is InChI=1S/C14H26N2O3/c1-10(2)15-8-7-13(17)16-9-11-3-5-12(6-4-11)14(18)19/h10-12,15H,3-9H2,1-2H3,(H,16,17)(H,18,19). The average molecular weight is 270 g/mol. The van der Waals surface area contributed by atoms with Gasteiger partial charge < -0.3 is 15.7 Å². The van der Waals surface area contributed by atoms with E-state index in [1.54, 1.807) is 0 Å². The van der Waals surface area contributed by atoms with Gasteiger partial charge in [-0.3, -0.25) is 9.59 Å². The Balaban J connectivity index is 2.10. The zero-order valence-electron chi connectivity index (χ0n) is 11.9. The number of rotatable bonds is 7. The summed E-state index contributed by atoms with van der Waals surface area (Å²) in [5.41, 5.74) is 0. The minimum absolute atomic E-state index is 0.0773. The highest BCUT2D eigenvalue weighted by atomic mass is 16.4. The Labute approximate surface area is 115 Å². The first-order valence-corrected chi connectivity index (χ1v) is 7.22. The lowest BCUT2D eigenvalue weighted by Crippen LogP contribution is -2.34. The van der Waals surface area contributed by atoms with Crippen molar-refractivity contribution >= 4 is 11.9 Å². The average Bonchev–Trinajstić information content (AvgIpc) is 2.36. The van der Waals surface area contributed by atoms with Crippen LogP contribution >= 0.6 is 0 Å². The first-order chi connectivity index (χ1) is 8.99. The van der Waals surface area contributed by atoms with Gasteiger partial charge in [0.1, 0.15) is 0 Å². The van der Waals surface area contributed by atoms with E-state index in [0.717, 1.165) is 25.7 Å². The molecule has 0 atom stereocenters. The summed E-state index contributed by atoms with van der Waals surface area (Å²) in [7, 11) is 0. The molecule has 110 valence electrons. The molecule has 1 aliphatic carbocycles. The minimum Gasteiger partial charge on any atom is -0.481 e. The third kappa shape index (κ3) is 6.57. The molecular formula is C14H26N2O3. The molecule has 1 rings (SSSR count). The lowest BCUT2D eigenvalue weighted by Gasteiger charge is -2.26. The molecule has 0 bridgehead atoms. The van der Waals surface area contributed by atoms with Crippen molar-refractivity contribution in [2.24, 2.45) is 11.8 Å². The summed E-state index contributed by atoms with van der Waals surface area (Å²) in [6, 6.07) is 0.402. The van der Waals surface area contributed by atoms with Gasteiger partial charge in [-0.2, -0.15) is 0 Å². The van der Waals surface area contributed by atoms with Gasteiger partial charge in [-0.25, -0.2) is 0 Å². The zero-order valence-corrected chi connectivity index (χ0v) is 11.9. The Morgan fingerprint density at radius 2 is 1.84 bits per heavy atom. The van der Waals surface area contributed by atoms with Crippen LogP contribution in [0, 0.1) is 11.8 Å². The van der Waals surface area contributed by atoms with Crippen LogP contribution in [0.5, 0.6) is 0 Å². The highest BCUT2D eigenvalue weighted by molar-refractivity contribution is 5.76. The van der Waals surface area contributed by atoms with E-state index in [1.807, 2.05) is 0 Å². The van der Waals surface area contributed by atoms with Gasteiger partial charge in [-0.1, -0.05) is 13.8 Å². The van der Waals surface area contributed by atoms with Crippen molar-refractivity contribution in [2.75, 3.05) is 13.1 Å². The molecule has 0 aromatic heterocycles. The predicted octanol–water partition coefficient (Wildman–Crippen LogP) is 1.38. The number of hydrogen-bond donors (Lipinski definition) is 3. The molecule has 0 aliphatic heterocycles. The Morgan fingerprint density at radius 1 is 1.21 bits per heavy atom. The van der Waals surface area contributed by atoms with Gasteiger partial charge in [-0.15, -0.1) is 0 Å². The van der Waals surface area contributed by atoms with Gasteiger partial charge in [0.2, 0.25) is 5.91 Å². The molecule has 1 amide bonds. The quantitative estimate of drug-likeness (QED) is 0.653. The molecule has 0 aromatic rings. The van der Waals surface area contributed by atoms with Crippen LogP contribution in [0.1, 0.15) is 46.0 Å². The predicted molar refractivity (Wildman–Crippen MR) is 73.8 cm³/mol. The summed E-state index contributed by atoms with van der Waals surface area (Å²) in [5.74, 6) is -0.337. The first kappa shape index (κ1) is 16.0. The summed E-state index contributed by atoms with van der Waals surface area (Å²) < 4.78 is 0. The normalized spacial score (nSPS) is 23.3. The van der Waals surface area contributed by atoms with Crippen LogP contribution in [-0.2, 0) is 9.59 Å². The number of carboxylic acids is 1. The van der Waals surface area contributed by atoms with E-state index in [9.17, 15) is 9.59 Å². The maximum atomic E-state index is 11.6. The van der Waals surface area contributed by atoms with Crippen LogP contribution in [0.3, 0.4) is 0 Å². The van der Waals surface area contributed by atoms with E-state index in [-0.39, 0.29) is 11.8 Å². The summed E-state index contributed by atoms with van der Waals surface area (Å²) in [6.07, 6.45) is 3.79. The van der Waals surface area contributed by atoms with Gasteiger partial charge in [0.15, 0.2) is 0 Å². The van der Waals surface area contributed by atoms with Crippen molar-refractivity contribution in [1.82, 2.24) is 10.6 Å². The Morgan fingerprint density at radius 3 is 2.37 bits per heavy atom. The molecule has 1 saturated carbocycles. The smallest absolute Gasteiger partial charge is 0.306 e. The number of carboxylic acid groups (broad SMARTS) is 1. The molecular weight excluding hydrogens is 244 g/mol. The Kier molecular flexibility index (Phi) is 6.84. The van der Waals surface area contributed by atoms with Gasteiger partial charge >= 0.3 is 5.97 Å². The second-order valence-corrected chi connectivity index (χ2v) is 5.72. The van der Waals surface area contributed by atoms with Crippen LogP contribution in [0.15, 0.2) is 0 Å². The van der Waals surface area contributed by atoms with Gasteiger partial charge in [0.05, 0.1) is 5.92 Å². The number of hydrogen-bond acceptors (Lipinski definition) is 3. The summed E-state index contributed by atoms with van der Waals surface area (Å²) in [4.78, 5) is 22.4. The molecule has 5 heteroatoms. The van der Waals surface area contributed by atoms with Crippen molar-refractivity contribution in [1.29, 1.82) is 0 Å². The molecule has 19 heavy (non-hydrogen) atoms. The van der Waals surface area contributed by atoms with Gasteiger partial charge in [0, 0.05) is 25.6 Å². The highest BCUT2D eigenvalue weighted by Crippen LogP contribution is 2.28. The largest absolute Gasteiger partial charge is 0.481 e. The van der Waals surface area contributed by atoms with E-state index >= 15 is 0 Å². The third-order valence-electron chi connectivity index (χ3n) is 3.69. The number of carbonyl (C=O) groups excluding carboxylic acids is 1. The zero-order chi connectivity index (χ0) is 14.3. The van der Waals surface area contributed by atoms with Crippen molar-refractivity contribution in [3.8, 4) is 0 Å². The summed E-state index contributed by atoms with van der Waals surface area (Å²) in [5, 5.41) is 15.1. The molecule has 1 fully saturated rings. The van der Waals surface area contributed by atoms with Crippen LogP contribution in [-0.4, -0.2) is 36.1 Å². The fraction of sp³-hybridized carbons (Fsp3) is 0.857. The van der Waals surface area contributed by atoms with Crippen molar-refractivity contribution in [3.05, 3.63) is 0 Å². The van der Waals surface area contributed by atoms with E-state index in [0.29, 0.717) is 31.5 Å². The van der Waals surface area contributed by atoms with E-state index in [1.165, 1.54) is 0 Å². The molecule has 5 nitrogen and oxygen atoms in total. The Hall–Kier alpha value is -1.10.